The van der Waals surface area contributed by atoms with Gasteiger partial charge in [0.2, 0.25) is 0 Å². The van der Waals surface area contributed by atoms with Gasteiger partial charge in [-0.3, -0.25) is 4.79 Å². The van der Waals surface area contributed by atoms with Crippen LogP contribution in [-0.2, 0) is 11.2 Å². The van der Waals surface area contributed by atoms with Crippen molar-refractivity contribution in [1.82, 2.24) is 4.90 Å². The second kappa shape index (κ2) is 6.63. The first-order valence-corrected chi connectivity index (χ1v) is 6.26. The molecule has 0 radical (unpaired) electrons. The van der Waals surface area contributed by atoms with Gasteiger partial charge >= 0.3 is 6.18 Å². The summed E-state index contributed by atoms with van der Waals surface area (Å²) in [7, 11) is 1.11. The zero-order valence-corrected chi connectivity index (χ0v) is 11.8. The van der Waals surface area contributed by atoms with Crippen molar-refractivity contribution in [3.8, 4) is 5.75 Å². The molecule has 3 nitrogen and oxygen atoms in total. The van der Waals surface area contributed by atoms with Gasteiger partial charge in [0, 0.05) is 7.05 Å². The molecule has 6 heteroatoms. The fraction of sp³-hybridized carbons (Fsp3) is 0.500. The summed E-state index contributed by atoms with van der Waals surface area (Å²) in [5.41, 5.74) is 1.88. The van der Waals surface area contributed by atoms with Crippen LogP contribution in [0, 0.1) is 6.92 Å². The van der Waals surface area contributed by atoms with Crippen LogP contribution in [0.2, 0.25) is 0 Å². The van der Waals surface area contributed by atoms with Crippen molar-refractivity contribution in [3.05, 3.63) is 29.3 Å². The molecular formula is C14H18F3NO2. The lowest BCUT2D eigenvalue weighted by atomic mass is 10.1. The molecule has 20 heavy (non-hydrogen) atoms. The van der Waals surface area contributed by atoms with Crippen molar-refractivity contribution in [2.24, 2.45) is 0 Å². The molecule has 0 bridgehead atoms. The number of benzene rings is 1. The molecule has 1 aromatic rings. The van der Waals surface area contributed by atoms with E-state index < -0.39 is 25.2 Å². The monoisotopic (exact) mass is 289 g/mol. The summed E-state index contributed by atoms with van der Waals surface area (Å²) >= 11 is 0. The summed E-state index contributed by atoms with van der Waals surface area (Å²) in [6, 6.07) is 5.58. The predicted octanol–water partition coefficient (Wildman–Crippen LogP) is 2.96. The van der Waals surface area contributed by atoms with Gasteiger partial charge in [0.1, 0.15) is 12.3 Å². The summed E-state index contributed by atoms with van der Waals surface area (Å²) in [4.78, 5) is 12.2. The molecule has 1 amide bonds. The van der Waals surface area contributed by atoms with Crippen LogP contribution in [0.1, 0.15) is 18.1 Å². The van der Waals surface area contributed by atoms with Crippen molar-refractivity contribution >= 4 is 5.91 Å². The van der Waals surface area contributed by atoms with Crippen LogP contribution >= 0.6 is 0 Å². The van der Waals surface area contributed by atoms with Gasteiger partial charge in [-0.2, -0.15) is 13.2 Å². The van der Waals surface area contributed by atoms with Crippen LogP contribution in [-0.4, -0.2) is 37.2 Å². The van der Waals surface area contributed by atoms with E-state index in [9.17, 15) is 18.0 Å². The van der Waals surface area contributed by atoms with Gasteiger partial charge in [0.25, 0.3) is 5.91 Å². The minimum absolute atomic E-state index is 0.400. The van der Waals surface area contributed by atoms with Crippen molar-refractivity contribution in [2.75, 3.05) is 20.2 Å². The number of carbonyl (C=O) groups excluding carboxylic acids is 1. The van der Waals surface area contributed by atoms with E-state index in [-0.39, 0.29) is 0 Å². The predicted molar refractivity (Wildman–Crippen MR) is 69.7 cm³/mol. The number of nitrogens with zero attached hydrogens (tertiary/aromatic N) is 1. The average Bonchev–Trinajstić information content (AvgIpc) is 2.34. The van der Waals surface area contributed by atoms with Crippen molar-refractivity contribution in [3.63, 3.8) is 0 Å². The fourth-order valence-corrected chi connectivity index (χ4v) is 1.69. The number of ether oxygens (including phenoxy) is 1. The topological polar surface area (TPSA) is 29.5 Å². The number of hydrogen-bond donors (Lipinski definition) is 0. The zero-order valence-electron chi connectivity index (χ0n) is 11.8. The van der Waals surface area contributed by atoms with Gasteiger partial charge in [0.05, 0.1) is 0 Å². The fourth-order valence-electron chi connectivity index (χ4n) is 1.69. The highest BCUT2D eigenvalue weighted by molar-refractivity contribution is 5.77. The number of aryl methyl sites for hydroxylation is 2. The third-order valence-corrected chi connectivity index (χ3v) is 2.80. The van der Waals surface area contributed by atoms with Crippen LogP contribution in [0.25, 0.3) is 0 Å². The second-order valence-corrected chi connectivity index (χ2v) is 4.62. The van der Waals surface area contributed by atoms with E-state index in [1.54, 1.807) is 6.07 Å². The number of halogens is 3. The summed E-state index contributed by atoms with van der Waals surface area (Å²) in [6.07, 6.45) is -3.68. The molecule has 0 aliphatic heterocycles. The second-order valence-electron chi connectivity index (χ2n) is 4.62. The Morgan fingerprint density at radius 1 is 1.35 bits per heavy atom. The number of amides is 1. The molecule has 0 heterocycles. The molecule has 0 N–H and O–H groups in total. The Hall–Kier alpha value is -1.72. The van der Waals surface area contributed by atoms with Crippen LogP contribution in [0.15, 0.2) is 18.2 Å². The van der Waals surface area contributed by atoms with E-state index in [1.165, 1.54) is 0 Å². The first kappa shape index (κ1) is 16.3. The van der Waals surface area contributed by atoms with Crippen molar-refractivity contribution in [1.29, 1.82) is 0 Å². The maximum atomic E-state index is 12.2. The highest BCUT2D eigenvalue weighted by atomic mass is 19.4. The number of hydrogen-bond acceptors (Lipinski definition) is 2. The SMILES string of the molecule is CCc1ccc(C)cc1OCC(=O)N(C)CC(F)(F)F. The average molecular weight is 289 g/mol. The van der Waals surface area contributed by atoms with Crippen LogP contribution in [0.5, 0.6) is 5.75 Å². The Kier molecular flexibility index (Phi) is 5.42. The molecule has 0 spiro atoms. The normalized spacial score (nSPS) is 11.3. The molecule has 0 aliphatic carbocycles. The number of carbonyl (C=O) groups is 1. The molecule has 0 aromatic heterocycles. The maximum absolute atomic E-state index is 12.2. The quantitative estimate of drug-likeness (QED) is 0.834. The summed E-state index contributed by atoms with van der Waals surface area (Å²) in [6.45, 7) is 2.14. The van der Waals surface area contributed by atoms with Gasteiger partial charge < -0.3 is 9.64 Å². The molecule has 112 valence electrons. The molecule has 0 fully saturated rings. The van der Waals surface area contributed by atoms with E-state index in [0.29, 0.717) is 10.6 Å². The van der Waals surface area contributed by atoms with E-state index in [1.807, 2.05) is 26.0 Å². The van der Waals surface area contributed by atoms with Crippen molar-refractivity contribution in [2.45, 2.75) is 26.4 Å². The minimum atomic E-state index is -4.40. The number of likely N-dealkylation sites (N-methyl/N-ethyl adjacent to an activating group) is 1. The van der Waals surface area contributed by atoms with Gasteiger partial charge in [-0.15, -0.1) is 0 Å². The number of alkyl halides is 3. The van der Waals surface area contributed by atoms with Gasteiger partial charge in [-0.1, -0.05) is 19.1 Å². The zero-order chi connectivity index (χ0) is 15.3. The third kappa shape index (κ3) is 5.11. The molecule has 0 saturated carbocycles. The van der Waals surface area contributed by atoms with Gasteiger partial charge in [0.15, 0.2) is 6.61 Å². The Morgan fingerprint density at radius 2 is 2.00 bits per heavy atom. The van der Waals surface area contributed by atoms with E-state index >= 15 is 0 Å². The molecule has 1 aromatic carbocycles. The minimum Gasteiger partial charge on any atom is -0.483 e. The van der Waals surface area contributed by atoms with E-state index in [2.05, 4.69) is 0 Å². The lowest BCUT2D eigenvalue weighted by Gasteiger charge is -2.19. The Morgan fingerprint density at radius 3 is 2.55 bits per heavy atom. The summed E-state index contributed by atoms with van der Waals surface area (Å²) in [5.74, 6) is -0.160. The van der Waals surface area contributed by atoms with E-state index in [4.69, 9.17) is 4.74 Å². The Balaban J connectivity index is 2.63. The standard InChI is InChI=1S/C14H18F3NO2/c1-4-11-6-5-10(2)7-12(11)20-8-13(19)18(3)9-14(15,16)17/h5-7H,4,8-9H2,1-3H3. The molecular weight excluding hydrogens is 271 g/mol. The maximum Gasteiger partial charge on any atom is 0.406 e. The van der Waals surface area contributed by atoms with Crippen LogP contribution < -0.4 is 4.74 Å². The Bertz CT molecular complexity index is 472. The van der Waals surface area contributed by atoms with Gasteiger partial charge in [-0.05, 0) is 30.5 Å². The largest absolute Gasteiger partial charge is 0.483 e. The molecule has 0 aliphatic rings. The first-order chi connectivity index (χ1) is 9.23. The highest BCUT2D eigenvalue weighted by Gasteiger charge is 2.31. The molecule has 0 atom stereocenters. The van der Waals surface area contributed by atoms with Crippen LogP contribution in [0.3, 0.4) is 0 Å². The lowest BCUT2D eigenvalue weighted by Crippen LogP contribution is -2.38. The lowest BCUT2D eigenvalue weighted by molar-refractivity contribution is -0.159. The van der Waals surface area contributed by atoms with Crippen LogP contribution in [0.4, 0.5) is 13.2 Å². The molecule has 0 unspecified atom stereocenters. The molecule has 1 rings (SSSR count). The third-order valence-electron chi connectivity index (χ3n) is 2.80. The van der Waals surface area contributed by atoms with Gasteiger partial charge in [-0.25, -0.2) is 0 Å². The van der Waals surface area contributed by atoms with Crippen molar-refractivity contribution < 1.29 is 22.7 Å². The van der Waals surface area contributed by atoms with E-state index in [0.717, 1.165) is 24.6 Å². The summed E-state index contributed by atoms with van der Waals surface area (Å²) in [5, 5.41) is 0. The highest BCUT2D eigenvalue weighted by Crippen LogP contribution is 2.21. The Labute approximate surface area is 116 Å². The molecule has 0 saturated heterocycles. The number of rotatable bonds is 5. The smallest absolute Gasteiger partial charge is 0.406 e. The first-order valence-electron chi connectivity index (χ1n) is 6.26. The summed E-state index contributed by atoms with van der Waals surface area (Å²) < 4.78 is 41.8.